The lowest BCUT2D eigenvalue weighted by Gasteiger charge is -2.25. The van der Waals surface area contributed by atoms with Crippen LogP contribution in [0.3, 0.4) is 0 Å². The molecule has 0 radical (unpaired) electrons. The van der Waals surface area contributed by atoms with E-state index in [9.17, 15) is 9.59 Å². The normalized spacial score (nSPS) is 18.8. The van der Waals surface area contributed by atoms with Gasteiger partial charge in [0, 0.05) is 25.3 Å². The molecule has 0 bridgehead atoms. The first-order valence-electron chi connectivity index (χ1n) is 10.8. The number of carbonyl (C=O) groups is 2. The molecule has 0 spiro atoms. The Labute approximate surface area is 183 Å². The van der Waals surface area contributed by atoms with Crippen molar-refractivity contribution in [3.63, 3.8) is 0 Å². The highest BCUT2D eigenvalue weighted by Crippen LogP contribution is 2.37. The summed E-state index contributed by atoms with van der Waals surface area (Å²) in [5.41, 5.74) is 2.55. The highest BCUT2D eigenvalue weighted by molar-refractivity contribution is 6.36. The maximum absolute atomic E-state index is 13.6. The fourth-order valence-electron chi connectivity index (χ4n) is 4.26. The number of hydrogen-bond donors (Lipinski definition) is 0. The zero-order chi connectivity index (χ0) is 21.8. The predicted octanol–water partition coefficient (Wildman–Crippen LogP) is 3.48. The number of nitrogens with zero attached hydrogens (tertiary/aromatic N) is 2. The van der Waals surface area contributed by atoms with Gasteiger partial charge >= 0.3 is 0 Å². The van der Waals surface area contributed by atoms with Crippen molar-refractivity contribution in [1.82, 2.24) is 9.80 Å². The third-order valence-corrected chi connectivity index (χ3v) is 5.84. The number of benzene rings is 2. The third-order valence-electron chi connectivity index (χ3n) is 5.84. The first-order chi connectivity index (χ1) is 15.1. The topological polar surface area (TPSA) is 59.1 Å². The molecule has 6 nitrogen and oxygen atoms in total. The second-order valence-corrected chi connectivity index (χ2v) is 7.78. The van der Waals surface area contributed by atoms with Crippen molar-refractivity contribution in [3.05, 3.63) is 71.4 Å². The Morgan fingerprint density at radius 3 is 2.48 bits per heavy atom. The molecule has 0 N–H and O–H groups in total. The van der Waals surface area contributed by atoms with Gasteiger partial charge in [0.2, 0.25) is 0 Å². The number of carbonyl (C=O) groups excluding carboxylic acids is 2. The maximum Gasteiger partial charge on any atom is 0.277 e. The van der Waals surface area contributed by atoms with Gasteiger partial charge in [-0.05, 0) is 31.4 Å². The number of imide groups is 1. The zero-order valence-corrected chi connectivity index (χ0v) is 18.0. The van der Waals surface area contributed by atoms with Gasteiger partial charge in [0.1, 0.15) is 11.4 Å². The van der Waals surface area contributed by atoms with Gasteiger partial charge in [0.15, 0.2) is 0 Å². The summed E-state index contributed by atoms with van der Waals surface area (Å²) in [6, 6.07) is 17.3. The fraction of sp³-hybridized carbons (Fsp3) is 0.360. The minimum atomic E-state index is -0.286. The first-order valence-corrected chi connectivity index (χ1v) is 10.8. The van der Waals surface area contributed by atoms with E-state index in [0.29, 0.717) is 42.3 Å². The van der Waals surface area contributed by atoms with Crippen molar-refractivity contribution in [1.29, 1.82) is 0 Å². The van der Waals surface area contributed by atoms with Gasteiger partial charge < -0.3 is 14.4 Å². The molecule has 1 saturated heterocycles. The largest absolute Gasteiger partial charge is 0.496 e. The highest BCUT2D eigenvalue weighted by Gasteiger charge is 2.43. The molecule has 0 saturated carbocycles. The number of hydrogen-bond acceptors (Lipinski definition) is 5. The maximum atomic E-state index is 13.6. The number of amides is 2. The Bertz CT molecular complexity index is 980. The minimum absolute atomic E-state index is 0.102. The number of rotatable bonds is 8. The zero-order valence-electron chi connectivity index (χ0n) is 18.0. The molecule has 4 rings (SSSR count). The molecule has 2 aromatic rings. The number of likely N-dealkylation sites (N-methyl/N-ethyl adjacent to an activating group) is 1. The summed E-state index contributed by atoms with van der Waals surface area (Å²) in [5.74, 6) is 0.0246. The lowest BCUT2D eigenvalue weighted by molar-refractivity contribution is -0.139. The fourth-order valence-corrected chi connectivity index (χ4v) is 4.26. The molecular weight excluding hydrogens is 392 g/mol. The minimum Gasteiger partial charge on any atom is -0.496 e. The van der Waals surface area contributed by atoms with Crippen molar-refractivity contribution in [2.24, 2.45) is 0 Å². The van der Waals surface area contributed by atoms with Crippen molar-refractivity contribution in [2.45, 2.75) is 32.4 Å². The lowest BCUT2D eigenvalue weighted by Crippen LogP contribution is -2.39. The summed E-state index contributed by atoms with van der Waals surface area (Å²) in [4.78, 5) is 30.5. The summed E-state index contributed by atoms with van der Waals surface area (Å²) >= 11 is 0. The second-order valence-electron chi connectivity index (χ2n) is 7.78. The van der Waals surface area contributed by atoms with Gasteiger partial charge in [-0.1, -0.05) is 48.5 Å². The first kappa shape index (κ1) is 21.1. The molecule has 2 aliphatic rings. The molecule has 6 heteroatoms. The Morgan fingerprint density at radius 1 is 1.06 bits per heavy atom. The van der Waals surface area contributed by atoms with Crippen molar-refractivity contribution in [2.75, 3.05) is 26.8 Å². The molecule has 0 aromatic heterocycles. The van der Waals surface area contributed by atoms with E-state index in [4.69, 9.17) is 9.47 Å². The molecular formula is C25H28N2O4. The summed E-state index contributed by atoms with van der Waals surface area (Å²) in [6.45, 7) is 4.09. The van der Waals surface area contributed by atoms with Crippen LogP contribution in [0, 0.1) is 0 Å². The average Bonchev–Trinajstić information content (AvgIpc) is 3.40. The Kier molecular flexibility index (Phi) is 6.37. The van der Waals surface area contributed by atoms with Crippen LogP contribution < -0.4 is 4.74 Å². The van der Waals surface area contributed by atoms with E-state index in [2.05, 4.69) is 0 Å². The number of methoxy groups -OCH3 is 1. The van der Waals surface area contributed by atoms with Crippen molar-refractivity contribution >= 4 is 17.4 Å². The summed E-state index contributed by atoms with van der Waals surface area (Å²) in [5, 5.41) is 0. The third kappa shape index (κ3) is 4.21. The monoisotopic (exact) mass is 420 g/mol. The predicted molar refractivity (Wildman–Crippen MR) is 118 cm³/mol. The second kappa shape index (κ2) is 9.35. The van der Waals surface area contributed by atoms with E-state index in [1.54, 1.807) is 7.11 Å². The molecule has 1 atom stereocenters. The molecule has 2 aromatic carbocycles. The summed E-state index contributed by atoms with van der Waals surface area (Å²) in [7, 11) is 1.58. The van der Waals surface area contributed by atoms with Gasteiger partial charge in [-0.15, -0.1) is 0 Å². The molecule has 2 aliphatic heterocycles. The smallest absolute Gasteiger partial charge is 0.277 e. The van der Waals surface area contributed by atoms with Gasteiger partial charge in [-0.2, -0.15) is 0 Å². The average molecular weight is 421 g/mol. The van der Waals surface area contributed by atoms with Crippen LogP contribution in [0.25, 0.3) is 5.57 Å². The summed E-state index contributed by atoms with van der Waals surface area (Å²) in [6.07, 6.45) is 1.71. The van der Waals surface area contributed by atoms with Crippen LogP contribution in [-0.4, -0.2) is 54.5 Å². The Balaban J connectivity index is 1.77. The molecule has 162 valence electrons. The molecule has 1 unspecified atom stereocenters. The number of ether oxygens (including phenoxy) is 2. The van der Waals surface area contributed by atoms with Crippen LogP contribution in [0.1, 0.15) is 30.9 Å². The van der Waals surface area contributed by atoms with Gasteiger partial charge in [0.05, 0.1) is 25.3 Å². The standard InChI is InChI=1S/C25H28N2O4/c1-3-26(16-18-10-5-4-6-11-18)23-22(20-13-7-8-14-21(20)30-2)24(28)27(25(23)29)17-19-12-9-15-31-19/h4-8,10-11,13-14,19H,3,9,12,15-17H2,1-2H3. The van der Waals surface area contributed by atoms with E-state index in [1.165, 1.54) is 4.90 Å². The van der Waals surface area contributed by atoms with Crippen LogP contribution in [0.15, 0.2) is 60.3 Å². The number of para-hydroxylation sites is 1. The summed E-state index contributed by atoms with van der Waals surface area (Å²) < 4.78 is 11.2. The molecule has 1 fully saturated rings. The molecule has 2 amide bonds. The highest BCUT2D eigenvalue weighted by atomic mass is 16.5. The SMILES string of the molecule is CCN(Cc1ccccc1)C1=C(c2ccccc2OC)C(=O)N(CC2CCCO2)C1=O. The molecule has 31 heavy (non-hydrogen) atoms. The van der Waals surface area contributed by atoms with Crippen molar-refractivity contribution in [3.8, 4) is 5.75 Å². The molecule has 0 aliphatic carbocycles. The van der Waals surface area contributed by atoms with Gasteiger partial charge in [-0.25, -0.2) is 0 Å². The van der Waals surface area contributed by atoms with E-state index < -0.39 is 0 Å². The van der Waals surface area contributed by atoms with E-state index in [-0.39, 0.29) is 24.5 Å². The van der Waals surface area contributed by atoms with Crippen LogP contribution >= 0.6 is 0 Å². The molecule has 2 heterocycles. The van der Waals surface area contributed by atoms with E-state index in [1.807, 2.05) is 66.4 Å². The van der Waals surface area contributed by atoms with Crippen molar-refractivity contribution < 1.29 is 19.1 Å². The van der Waals surface area contributed by atoms with Crippen LogP contribution in [0.2, 0.25) is 0 Å². The van der Waals surface area contributed by atoms with Crippen LogP contribution in [-0.2, 0) is 20.9 Å². The Hall–Kier alpha value is -3.12. The van der Waals surface area contributed by atoms with Gasteiger partial charge in [-0.3, -0.25) is 14.5 Å². The van der Waals surface area contributed by atoms with Crippen LogP contribution in [0.5, 0.6) is 5.75 Å². The van der Waals surface area contributed by atoms with E-state index >= 15 is 0 Å². The quantitative estimate of drug-likeness (QED) is 0.612. The lowest BCUT2D eigenvalue weighted by atomic mass is 10.0. The van der Waals surface area contributed by atoms with Gasteiger partial charge in [0.25, 0.3) is 11.8 Å². The van der Waals surface area contributed by atoms with E-state index in [0.717, 1.165) is 18.4 Å². The Morgan fingerprint density at radius 2 is 1.81 bits per heavy atom. The van der Waals surface area contributed by atoms with Crippen LogP contribution in [0.4, 0.5) is 0 Å².